The second-order valence-electron chi connectivity index (χ2n) is 5.30. The number of nitrogens with one attached hydrogen (secondary N) is 1. The Labute approximate surface area is 111 Å². The maximum atomic E-state index is 11.0. The van der Waals surface area contributed by atoms with Gasteiger partial charge in [-0.05, 0) is 26.0 Å². The van der Waals surface area contributed by atoms with Crippen LogP contribution in [-0.4, -0.2) is 30.1 Å². The highest BCUT2D eigenvalue weighted by atomic mass is 16.6. The lowest BCUT2D eigenvalue weighted by molar-refractivity contribution is -0.385. The SMILES string of the molecule is CC1(C)CN(c2ccc(C#N)c([N+](=O)[O-])c2)CCN1. The van der Waals surface area contributed by atoms with Crippen LogP contribution < -0.4 is 10.2 Å². The van der Waals surface area contributed by atoms with Crippen LogP contribution in [0.3, 0.4) is 0 Å². The van der Waals surface area contributed by atoms with Gasteiger partial charge in [-0.25, -0.2) is 0 Å². The van der Waals surface area contributed by atoms with Crippen molar-refractivity contribution in [1.82, 2.24) is 5.32 Å². The lowest BCUT2D eigenvalue weighted by atomic mass is 10.0. The van der Waals surface area contributed by atoms with E-state index in [0.29, 0.717) is 0 Å². The van der Waals surface area contributed by atoms with Crippen LogP contribution in [0.2, 0.25) is 0 Å². The zero-order chi connectivity index (χ0) is 14.0. The summed E-state index contributed by atoms with van der Waals surface area (Å²) < 4.78 is 0. The molecule has 2 rings (SSSR count). The number of nitro benzene ring substituents is 1. The molecule has 1 heterocycles. The quantitative estimate of drug-likeness (QED) is 0.646. The van der Waals surface area contributed by atoms with Crippen molar-refractivity contribution >= 4 is 11.4 Å². The Kier molecular flexibility index (Phi) is 3.40. The van der Waals surface area contributed by atoms with Crippen LogP contribution in [0.15, 0.2) is 18.2 Å². The highest BCUT2D eigenvalue weighted by Gasteiger charge is 2.27. The van der Waals surface area contributed by atoms with E-state index in [9.17, 15) is 10.1 Å². The van der Waals surface area contributed by atoms with Crippen LogP contribution >= 0.6 is 0 Å². The average Bonchev–Trinajstić information content (AvgIpc) is 2.36. The minimum Gasteiger partial charge on any atom is -0.368 e. The van der Waals surface area contributed by atoms with Gasteiger partial charge in [-0.15, -0.1) is 0 Å². The molecular formula is C13H16N4O2. The van der Waals surface area contributed by atoms with Crippen LogP contribution in [0.1, 0.15) is 19.4 Å². The Bertz CT molecular complexity index is 548. The molecule has 1 fully saturated rings. The number of nitrogens with zero attached hydrogens (tertiary/aromatic N) is 3. The molecule has 19 heavy (non-hydrogen) atoms. The number of nitriles is 1. The van der Waals surface area contributed by atoms with Crippen LogP contribution in [0.25, 0.3) is 0 Å². The van der Waals surface area contributed by atoms with Gasteiger partial charge in [0.2, 0.25) is 0 Å². The highest BCUT2D eigenvalue weighted by molar-refractivity contribution is 5.60. The minimum atomic E-state index is -0.505. The van der Waals surface area contributed by atoms with Gasteiger partial charge in [0.05, 0.1) is 4.92 Å². The number of rotatable bonds is 2. The van der Waals surface area contributed by atoms with Gasteiger partial charge in [0, 0.05) is 36.9 Å². The van der Waals surface area contributed by atoms with Gasteiger partial charge in [-0.2, -0.15) is 5.26 Å². The van der Waals surface area contributed by atoms with Crippen LogP contribution in [0.5, 0.6) is 0 Å². The minimum absolute atomic E-state index is 0.0269. The molecule has 0 bridgehead atoms. The van der Waals surface area contributed by atoms with Crippen molar-refractivity contribution in [2.75, 3.05) is 24.5 Å². The molecule has 0 amide bonds. The number of nitro groups is 1. The topological polar surface area (TPSA) is 82.2 Å². The smallest absolute Gasteiger partial charge is 0.289 e. The number of benzene rings is 1. The maximum absolute atomic E-state index is 11.0. The molecule has 0 atom stereocenters. The second kappa shape index (κ2) is 4.86. The molecule has 0 unspecified atom stereocenters. The molecule has 6 heteroatoms. The van der Waals surface area contributed by atoms with Gasteiger partial charge in [0.25, 0.3) is 5.69 Å². The third-order valence-corrected chi connectivity index (χ3v) is 3.24. The molecule has 0 aromatic heterocycles. The molecule has 1 aromatic carbocycles. The standard InChI is InChI=1S/C13H16N4O2/c1-13(2)9-16(6-5-15-13)11-4-3-10(8-14)12(7-11)17(18)19/h3-4,7,15H,5-6,9H2,1-2H3. The fraction of sp³-hybridized carbons (Fsp3) is 0.462. The first kappa shape index (κ1) is 13.3. The van der Waals surface area contributed by atoms with E-state index in [1.54, 1.807) is 6.07 Å². The van der Waals surface area contributed by atoms with Crippen LogP contribution in [-0.2, 0) is 0 Å². The lowest BCUT2D eigenvalue weighted by Gasteiger charge is -2.40. The first-order valence-corrected chi connectivity index (χ1v) is 6.11. The average molecular weight is 260 g/mol. The Hall–Kier alpha value is -2.13. The van der Waals surface area contributed by atoms with Crippen molar-refractivity contribution in [2.45, 2.75) is 19.4 Å². The zero-order valence-electron chi connectivity index (χ0n) is 11.0. The molecule has 1 aliphatic heterocycles. The summed E-state index contributed by atoms with van der Waals surface area (Å²) in [7, 11) is 0. The van der Waals surface area contributed by atoms with Crippen molar-refractivity contribution in [3.8, 4) is 6.07 Å². The number of hydrogen-bond donors (Lipinski definition) is 1. The highest BCUT2D eigenvalue weighted by Crippen LogP contribution is 2.27. The fourth-order valence-corrected chi connectivity index (χ4v) is 2.32. The third-order valence-electron chi connectivity index (χ3n) is 3.24. The molecule has 0 radical (unpaired) electrons. The first-order chi connectivity index (χ1) is 8.93. The van der Waals surface area contributed by atoms with E-state index in [4.69, 9.17) is 5.26 Å². The van der Waals surface area contributed by atoms with E-state index in [-0.39, 0.29) is 16.8 Å². The summed E-state index contributed by atoms with van der Waals surface area (Å²) in [6.07, 6.45) is 0. The van der Waals surface area contributed by atoms with E-state index < -0.39 is 4.92 Å². The van der Waals surface area contributed by atoms with Crippen molar-refractivity contribution in [3.05, 3.63) is 33.9 Å². The maximum Gasteiger partial charge on any atom is 0.289 e. The molecule has 0 aliphatic carbocycles. The Balaban J connectivity index is 2.33. The summed E-state index contributed by atoms with van der Waals surface area (Å²) in [4.78, 5) is 12.6. The van der Waals surface area contributed by atoms with Gasteiger partial charge >= 0.3 is 0 Å². The zero-order valence-corrected chi connectivity index (χ0v) is 11.0. The molecule has 100 valence electrons. The first-order valence-electron chi connectivity index (χ1n) is 6.11. The monoisotopic (exact) mass is 260 g/mol. The molecule has 0 spiro atoms. The summed E-state index contributed by atoms with van der Waals surface area (Å²) >= 11 is 0. The van der Waals surface area contributed by atoms with Crippen molar-refractivity contribution in [3.63, 3.8) is 0 Å². The predicted molar refractivity (Wildman–Crippen MR) is 72.1 cm³/mol. The third kappa shape index (κ3) is 2.83. The predicted octanol–water partition coefficient (Wildman–Crippen LogP) is 1.65. The lowest BCUT2D eigenvalue weighted by Crippen LogP contribution is -2.57. The van der Waals surface area contributed by atoms with E-state index in [1.807, 2.05) is 6.07 Å². The Morgan fingerprint density at radius 2 is 2.26 bits per heavy atom. The summed E-state index contributed by atoms with van der Waals surface area (Å²) in [6, 6.07) is 6.62. The van der Waals surface area contributed by atoms with Gasteiger partial charge in [0.1, 0.15) is 11.6 Å². The molecule has 6 nitrogen and oxygen atoms in total. The Morgan fingerprint density at radius 3 is 2.84 bits per heavy atom. The normalized spacial score (nSPS) is 17.8. The van der Waals surface area contributed by atoms with E-state index in [2.05, 4.69) is 24.1 Å². The molecular weight excluding hydrogens is 244 g/mol. The summed E-state index contributed by atoms with van der Waals surface area (Å²) in [5, 5.41) is 23.2. The van der Waals surface area contributed by atoms with E-state index in [0.717, 1.165) is 25.3 Å². The Morgan fingerprint density at radius 1 is 1.53 bits per heavy atom. The van der Waals surface area contributed by atoms with Crippen LogP contribution in [0.4, 0.5) is 11.4 Å². The van der Waals surface area contributed by atoms with E-state index in [1.165, 1.54) is 12.1 Å². The van der Waals surface area contributed by atoms with Gasteiger partial charge in [-0.1, -0.05) is 0 Å². The van der Waals surface area contributed by atoms with Gasteiger partial charge in [0.15, 0.2) is 0 Å². The number of anilines is 1. The summed E-state index contributed by atoms with van der Waals surface area (Å²) in [5.41, 5.74) is 0.737. The molecule has 1 aromatic rings. The van der Waals surface area contributed by atoms with Crippen molar-refractivity contribution in [2.24, 2.45) is 0 Å². The molecule has 1 aliphatic rings. The molecule has 1 saturated heterocycles. The number of hydrogen-bond acceptors (Lipinski definition) is 5. The second-order valence-corrected chi connectivity index (χ2v) is 5.30. The van der Waals surface area contributed by atoms with Gasteiger partial charge in [-0.3, -0.25) is 10.1 Å². The number of piperazine rings is 1. The summed E-state index contributed by atoms with van der Waals surface area (Å²) in [5.74, 6) is 0. The van der Waals surface area contributed by atoms with Crippen molar-refractivity contribution < 1.29 is 4.92 Å². The van der Waals surface area contributed by atoms with Crippen molar-refractivity contribution in [1.29, 1.82) is 5.26 Å². The molecule has 0 saturated carbocycles. The molecule has 1 N–H and O–H groups in total. The largest absolute Gasteiger partial charge is 0.368 e. The van der Waals surface area contributed by atoms with E-state index >= 15 is 0 Å². The fourth-order valence-electron chi connectivity index (χ4n) is 2.32. The van der Waals surface area contributed by atoms with Gasteiger partial charge < -0.3 is 10.2 Å². The van der Waals surface area contributed by atoms with Crippen LogP contribution in [0, 0.1) is 21.4 Å². The summed E-state index contributed by atoms with van der Waals surface area (Å²) in [6.45, 7) is 6.60.